The van der Waals surface area contributed by atoms with E-state index in [9.17, 15) is 4.79 Å². The Morgan fingerprint density at radius 1 is 0.941 bits per heavy atom. The van der Waals surface area contributed by atoms with Gasteiger partial charge in [-0.3, -0.25) is 4.79 Å². The maximum absolute atomic E-state index is 13.2. The highest BCUT2D eigenvalue weighted by Crippen LogP contribution is 2.34. The molecule has 0 unspecified atom stereocenters. The Morgan fingerprint density at radius 3 is 2.44 bits per heavy atom. The second kappa shape index (κ2) is 10.6. The summed E-state index contributed by atoms with van der Waals surface area (Å²) in [6.45, 7) is 2.69. The third-order valence-electron chi connectivity index (χ3n) is 5.38. The standard InChI is InChI=1S/C27H27N3O4/c1-19-9-7-8-12-24(19)34-16-15-28-27(31)23-18-30(20-10-5-4-6-11-20)29-26(23)22-14-13-21(32-2)17-25(22)33-3/h4-14,17-18H,15-16H2,1-3H3,(H,28,31). The van der Waals surface area contributed by atoms with Crippen LogP contribution >= 0.6 is 0 Å². The van der Waals surface area contributed by atoms with E-state index in [0.29, 0.717) is 41.5 Å². The summed E-state index contributed by atoms with van der Waals surface area (Å²) in [4.78, 5) is 13.2. The van der Waals surface area contributed by atoms with Crippen LogP contribution in [0, 0.1) is 6.92 Å². The van der Waals surface area contributed by atoms with Gasteiger partial charge in [-0.1, -0.05) is 36.4 Å². The fraction of sp³-hybridized carbons (Fsp3) is 0.185. The van der Waals surface area contributed by atoms with Gasteiger partial charge in [-0.2, -0.15) is 5.10 Å². The molecule has 0 bridgehead atoms. The average Bonchev–Trinajstić information content (AvgIpc) is 3.33. The summed E-state index contributed by atoms with van der Waals surface area (Å²) in [5.41, 5.74) is 3.54. The van der Waals surface area contributed by atoms with Crippen molar-refractivity contribution in [3.8, 4) is 34.2 Å². The minimum absolute atomic E-state index is 0.247. The summed E-state index contributed by atoms with van der Waals surface area (Å²) in [5, 5.41) is 7.67. The van der Waals surface area contributed by atoms with Crippen molar-refractivity contribution in [2.75, 3.05) is 27.4 Å². The van der Waals surface area contributed by atoms with E-state index in [0.717, 1.165) is 17.0 Å². The number of para-hydroxylation sites is 2. The predicted molar refractivity (Wildman–Crippen MR) is 131 cm³/mol. The topological polar surface area (TPSA) is 74.6 Å². The molecule has 0 radical (unpaired) electrons. The van der Waals surface area contributed by atoms with E-state index in [2.05, 4.69) is 5.32 Å². The van der Waals surface area contributed by atoms with Gasteiger partial charge in [0, 0.05) is 17.8 Å². The van der Waals surface area contributed by atoms with Crippen LogP contribution in [0.4, 0.5) is 0 Å². The van der Waals surface area contributed by atoms with Gasteiger partial charge in [0.2, 0.25) is 0 Å². The quantitative estimate of drug-likeness (QED) is 0.370. The van der Waals surface area contributed by atoms with Crippen LogP contribution in [0.1, 0.15) is 15.9 Å². The lowest BCUT2D eigenvalue weighted by molar-refractivity contribution is 0.0947. The fourth-order valence-corrected chi connectivity index (χ4v) is 3.59. The molecule has 34 heavy (non-hydrogen) atoms. The van der Waals surface area contributed by atoms with Gasteiger partial charge in [0.05, 0.1) is 32.0 Å². The summed E-state index contributed by atoms with van der Waals surface area (Å²) < 4.78 is 18.4. The highest BCUT2D eigenvalue weighted by molar-refractivity contribution is 6.00. The number of aromatic nitrogens is 2. The Labute approximate surface area is 198 Å². The molecule has 4 rings (SSSR count). The molecule has 7 heteroatoms. The minimum atomic E-state index is -0.247. The van der Waals surface area contributed by atoms with Gasteiger partial charge >= 0.3 is 0 Å². The third kappa shape index (κ3) is 5.04. The van der Waals surface area contributed by atoms with E-state index in [1.807, 2.05) is 73.7 Å². The highest BCUT2D eigenvalue weighted by Gasteiger charge is 2.21. The summed E-state index contributed by atoms with van der Waals surface area (Å²) in [6, 6.07) is 22.9. The van der Waals surface area contributed by atoms with E-state index in [1.165, 1.54) is 0 Å². The zero-order valence-corrected chi connectivity index (χ0v) is 19.4. The second-order valence-corrected chi connectivity index (χ2v) is 7.61. The van der Waals surface area contributed by atoms with Crippen LogP contribution in [0.5, 0.6) is 17.2 Å². The molecule has 0 aliphatic carbocycles. The average molecular weight is 458 g/mol. The first-order chi connectivity index (χ1) is 16.6. The van der Waals surface area contributed by atoms with E-state index < -0.39 is 0 Å². The number of hydrogen-bond acceptors (Lipinski definition) is 5. The zero-order valence-electron chi connectivity index (χ0n) is 19.4. The van der Waals surface area contributed by atoms with E-state index in [4.69, 9.17) is 19.3 Å². The number of carbonyl (C=O) groups excluding carboxylic acids is 1. The lowest BCUT2D eigenvalue weighted by Crippen LogP contribution is -2.28. The van der Waals surface area contributed by atoms with Crippen molar-refractivity contribution < 1.29 is 19.0 Å². The van der Waals surface area contributed by atoms with Gasteiger partial charge in [-0.15, -0.1) is 0 Å². The van der Waals surface area contributed by atoms with E-state index in [1.54, 1.807) is 31.2 Å². The number of methoxy groups -OCH3 is 2. The van der Waals surface area contributed by atoms with Crippen LogP contribution < -0.4 is 19.5 Å². The Bertz CT molecular complexity index is 1270. The minimum Gasteiger partial charge on any atom is -0.497 e. The van der Waals surface area contributed by atoms with Crippen LogP contribution in [-0.2, 0) is 0 Å². The van der Waals surface area contributed by atoms with Gasteiger partial charge in [0.25, 0.3) is 5.91 Å². The SMILES string of the molecule is COc1ccc(-c2nn(-c3ccccc3)cc2C(=O)NCCOc2ccccc2C)c(OC)c1. The first-order valence-corrected chi connectivity index (χ1v) is 10.9. The van der Waals surface area contributed by atoms with Gasteiger partial charge in [-0.05, 0) is 42.8 Å². The van der Waals surface area contributed by atoms with Gasteiger partial charge < -0.3 is 19.5 Å². The number of benzene rings is 3. The van der Waals surface area contributed by atoms with Crippen molar-refractivity contribution in [3.63, 3.8) is 0 Å². The Kier molecular flexibility index (Phi) is 7.13. The van der Waals surface area contributed by atoms with Crippen molar-refractivity contribution in [2.45, 2.75) is 6.92 Å². The number of carbonyl (C=O) groups is 1. The van der Waals surface area contributed by atoms with Crippen molar-refractivity contribution in [1.29, 1.82) is 0 Å². The molecular formula is C27H27N3O4. The van der Waals surface area contributed by atoms with Crippen molar-refractivity contribution in [3.05, 3.63) is 90.1 Å². The zero-order chi connectivity index (χ0) is 23.9. The number of nitrogens with one attached hydrogen (secondary N) is 1. The molecule has 4 aromatic rings. The van der Waals surface area contributed by atoms with Crippen LogP contribution in [0.2, 0.25) is 0 Å². The molecule has 1 heterocycles. The Morgan fingerprint density at radius 2 is 1.71 bits per heavy atom. The lowest BCUT2D eigenvalue weighted by Gasteiger charge is -2.11. The van der Waals surface area contributed by atoms with E-state index >= 15 is 0 Å². The maximum Gasteiger partial charge on any atom is 0.255 e. The van der Waals surface area contributed by atoms with Crippen molar-refractivity contribution in [1.82, 2.24) is 15.1 Å². The monoisotopic (exact) mass is 457 g/mol. The smallest absolute Gasteiger partial charge is 0.255 e. The van der Waals surface area contributed by atoms with Crippen molar-refractivity contribution in [2.24, 2.45) is 0 Å². The molecule has 0 aliphatic heterocycles. The number of nitrogens with zero attached hydrogens (tertiary/aromatic N) is 2. The second-order valence-electron chi connectivity index (χ2n) is 7.61. The molecule has 0 saturated carbocycles. The first-order valence-electron chi connectivity index (χ1n) is 10.9. The van der Waals surface area contributed by atoms with Gasteiger partial charge in [-0.25, -0.2) is 4.68 Å². The van der Waals surface area contributed by atoms with E-state index in [-0.39, 0.29) is 5.91 Å². The number of hydrogen-bond donors (Lipinski definition) is 1. The molecule has 0 saturated heterocycles. The molecular weight excluding hydrogens is 430 g/mol. The molecule has 0 fully saturated rings. The van der Waals surface area contributed by atoms with Crippen LogP contribution in [0.15, 0.2) is 79.0 Å². The molecule has 0 spiro atoms. The number of amides is 1. The number of rotatable bonds is 9. The van der Waals surface area contributed by atoms with Gasteiger partial charge in [0.15, 0.2) is 0 Å². The maximum atomic E-state index is 13.2. The molecule has 1 amide bonds. The molecule has 174 valence electrons. The predicted octanol–water partition coefficient (Wildman–Crippen LogP) is 4.67. The van der Waals surface area contributed by atoms with Gasteiger partial charge in [0.1, 0.15) is 29.5 Å². The van der Waals surface area contributed by atoms with Crippen LogP contribution in [0.3, 0.4) is 0 Å². The fourth-order valence-electron chi connectivity index (χ4n) is 3.59. The first kappa shape index (κ1) is 22.9. The lowest BCUT2D eigenvalue weighted by atomic mass is 10.1. The molecule has 7 nitrogen and oxygen atoms in total. The molecule has 0 atom stereocenters. The summed E-state index contributed by atoms with van der Waals surface area (Å²) in [6.07, 6.45) is 1.73. The van der Waals surface area contributed by atoms with Crippen LogP contribution in [-0.4, -0.2) is 43.1 Å². The highest BCUT2D eigenvalue weighted by atomic mass is 16.5. The third-order valence-corrected chi connectivity index (χ3v) is 5.38. The number of ether oxygens (including phenoxy) is 3. The Balaban J connectivity index is 1.60. The largest absolute Gasteiger partial charge is 0.497 e. The summed E-state index contributed by atoms with van der Waals surface area (Å²) in [7, 11) is 3.17. The van der Waals surface area contributed by atoms with Crippen molar-refractivity contribution >= 4 is 5.91 Å². The molecule has 1 aromatic heterocycles. The molecule has 3 aromatic carbocycles. The molecule has 0 aliphatic rings. The summed E-state index contributed by atoms with van der Waals surface area (Å²) in [5.74, 6) is 1.78. The molecule has 1 N–H and O–H groups in total. The number of aryl methyl sites for hydroxylation is 1. The Hall–Kier alpha value is -4.26. The summed E-state index contributed by atoms with van der Waals surface area (Å²) >= 11 is 0. The normalized spacial score (nSPS) is 10.6. The van der Waals surface area contributed by atoms with Crippen LogP contribution in [0.25, 0.3) is 16.9 Å².